The van der Waals surface area contributed by atoms with Gasteiger partial charge >= 0.3 is 0 Å². The maximum Gasteiger partial charge on any atom is 0.230 e. The second-order valence-electron chi connectivity index (χ2n) is 7.78. The molecule has 1 aliphatic rings. The summed E-state index contributed by atoms with van der Waals surface area (Å²) in [6.45, 7) is 2.72. The van der Waals surface area contributed by atoms with Gasteiger partial charge in [-0.05, 0) is 42.7 Å². The SMILES string of the molecule is Nc1ccc(-c2csc(SCC(=O)NC3CCN(Cc4ccc(Cl)c(Cl)c4)CC3)n2)cc1. The number of thiazole rings is 1. The van der Waals surface area contributed by atoms with Crippen LogP contribution in [0.4, 0.5) is 5.69 Å². The molecule has 0 atom stereocenters. The molecule has 0 radical (unpaired) electrons. The summed E-state index contributed by atoms with van der Waals surface area (Å²) in [5, 5.41) is 6.35. The number of aromatic nitrogens is 1. The topological polar surface area (TPSA) is 71.2 Å². The van der Waals surface area contributed by atoms with Gasteiger partial charge in [-0.1, -0.05) is 53.2 Å². The Morgan fingerprint density at radius 1 is 1.16 bits per heavy atom. The molecule has 0 unspecified atom stereocenters. The third-order valence-corrected chi connectivity index (χ3v) is 8.12. The number of nitrogen functional groups attached to an aromatic ring is 1. The number of likely N-dealkylation sites (tertiary alicyclic amines) is 1. The molecule has 5 nitrogen and oxygen atoms in total. The number of thioether (sulfide) groups is 1. The van der Waals surface area contributed by atoms with Crippen molar-refractivity contribution in [3.8, 4) is 11.3 Å². The van der Waals surface area contributed by atoms with E-state index >= 15 is 0 Å². The second-order valence-corrected chi connectivity index (χ2v) is 10.7. The van der Waals surface area contributed by atoms with E-state index < -0.39 is 0 Å². The highest BCUT2D eigenvalue weighted by Gasteiger charge is 2.21. The van der Waals surface area contributed by atoms with Gasteiger partial charge in [-0.15, -0.1) is 11.3 Å². The zero-order valence-electron chi connectivity index (χ0n) is 17.4. The monoisotopic (exact) mass is 506 g/mol. The van der Waals surface area contributed by atoms with Crippen LogP contribution >= 0.6 is 46.3 Å². The van der Waals surface area contributed by atoms with Crippen molar-refractivity contribution in [2.45, 2.75) is 29.8 Å². The first-order valence-electron chi connectivity index (χ1n) is 10.4. The zero-order chi connectivity index (χ0) is 22.5. The average molecular weight is 508 g/mol. The number of piperidine rings is 1. The fraction of sp³-hybridized carbons (Fsp3) is 0.304. The van der Waals surface area contributed by atoms with Gasteiger partial charge in [-0.25, -0.2) is 4.98 Å². The molecule has 1 aromatic heterocycles. The van der Waals surface area contributed by atoms with E-state index in [0.29, 0.717) is 15.8 Å². The molecule has 3 N–H and O–H groups in total. The van der Waals surface area contributed by atoms with Crippen molar-refractivity contribution < 1.29 is 4.79 Å². The molecule has 1 saturated heterocycles. The van der Waals surface area contributed by atoms with Crippen molar-refractivity contribution in [2.75, 3.05) is 24.6 Å². The predicted molar refractivity (Wildman–Crippen MR) is 136 cm³/mol. The number of benzene rings is 2. The Morgan fingerprint density at radius 2 is 1.91 bits per heavy atom. The number of nitrogens with one attached hydrogen (secondary N) is 1. The van der Waals surface area contributed by atoms with E-state index in [4.69, 9.17) is 28.9 Å². The van der Waals surface area contributed by atoms with E-state index in [1.165, 1.54) is 11.8 Å². The van der Waals surface area contributed by atoms with Crippen LogP contribution in [0, 0.1) is 0 Å². The summed E-state index contributed by atoms with van der Waals surface area (Å²) in [5.74, 6) is 0.431. The number of rotatable bonds is 7. The maximum atomic E-state index is 12.4. The molecule has 2 aromatic carbocycles. The van der Waals surface area contributed by atoms with Crippen LogP contribution in [0.25, 0.3) is 11.3 Å². The molecule has 1 aliphatic heterocycles. The van der Waals surface area contributed by atoms with Gasteiger partial charge in [0.15, 0.2) is 4.34 Å². The van der Waals surface area contributed by atoms with Gasteiger partial charge in [-0.2, -0.15) is 0 Å². The van der Waals surface area contributed by atoms with Crippen LogP contribution in [0.1, 0.15) is 18.4 Å². The molecule has 3 aromatic rings. The van der Waals surface area contributed by atoms with Crippen LogP contribution in [0.15, 0.2) is 52.2 Å². The Morgan fingerprint density at radius 3 is 2.62 bits per heavy atom. The number of anilines is 1. The van der Waals surface area contributed by atoms with Crippen LogP contribution in [0.3, 0.4) is 0 Å². The number of carbonyl (C=O) groups excluding carboxylic acids is 1. The smallest absolute Gasteiger partial charge is 0.230 e. The molecule has 1 fully saturated rings. The predicted octanol–water partition coefficient (Wildman–Crippen LogP) is 5.57. The van der Waals surface area contributed by atoms with Gasteiger partial charge in [-0.3, -0.25) is 9.69 Å². The quantitative estimate of drug-likeness (QED) is 0.323. The van der Waals surface area contributed by atoms with E-state index in [1.807, 2.05) is 47.8 Å². The standard InChI is InChI=1S/C23H24Cl2N4OS2/c24-19-6-1-15(11-20(19)25)12-29-9-7-18(8-10-29)27-22(30)14-32-23-28-21(13-31-23)16-2-4-17(26)5-3-16/h1-6,11,13,18H,7-10,12,14,26H2,(H,27,30). The number of halogens is 2. The van der Waals surface area contributed by atoms with Crippen molar-refractivity contribution in [1.82, 2.24) is 15.2 Å². The molecule has 9 heteroatoms. The third kappa shape index (κ3) is 6.39. The van der Waals surface area contributed by atoms with E-state index in [-0.39, 0.29) is 11.9 Å². The third-order valence-electron chi connectivity index (χ3n) is 5.36. The number of carbonyl (C=O) groups is 1. The van der Waals surface area contributed by atoms with E-state index in [1.54, 1.807) is 11.3 Å². The van der Waals surface area contributed by atoms with Crippen LogP contribution in [0.5, 0.6) is 0 Å². The Balaban J connectivity index is 1.19. The van der Waals surface area contributed by atoms with Gasteiger partial charge in [0.25, 0.3) is 0 Å². The van der Waals surface area contributed by atoms with Gasteiger partial charge < -0.3 is 11.1 Å². The van der Waals surface area contributed by atoms with Crippen molar-refractivity contribution in [3.05, 3.63) is 63.5 Å². The van der Waals surface area contributed by atoms with Crippen LogP contribution in [-0.4, -0.2) is 40.7 Å². The normalized spacial score (nSPS) is 15.1. The molecule has 2 heterocycles. The fourth-order valence-electron chi connectivity index (χ4n) is 3.64. The highest BCUT2D eigenvalue weighted by molar-refractivity contribution is 8.01. The molecule has 4 rings (SSSR count). The Labute approximate surface area is 206 Å². The van der Waals surface area contributed by atoms with Crippen molar-refractivity contribution in [3.63, 3.8) is 0 Å². The molecular weight excluding hydrogens is 483 g/mol. The Kier molecular flexibility index (Phi) is 7.97. The summed E-state index contributed by atoms with van der Waals surface area (Å²) in [4.78, 5) is 19.4. The average Bonchev–Trinajstić information content (AvgIpc) is 3.26. The van der Waals surface area contributed by atoms with E-state index in [0.717, 1.165) is 59.3 Å². The van der Waals surface area contributed by atoms with Gasteiger partial charge in [0.1, 0.15) is 0 Å². The van der Waals surface area contributed by atoms with Gasteiger partial charge in [0.05, 0.1) is 21.5 Å². The summed E-state index contributed by atoms with van der Waals surface area (Å²) < 4.78 is 0.892. The highest BCUT2D eigenvalue weighted by atomic mass is 35.5. The first kappa shape index (κ1) is 23.4. The largest absolute Gasteiger partial charge is 0.399 e. The lowest BCUT2D eigenvalue weighted by Crippen LogP contribution is -2.44. The van der Waals surface area contributed by atoms with Gasteiger partial charge in [0.2, 0.25) is 5.91 Å². The highest BCUT2D eigenvalue weighted by Crippen LogP contribution is 2.29. The Hall–Kier alpha value is -1.77. The van der Waals surface area contributed by atoms with Crippen molar-refractivity contribution in [1.29, 1.82) is 0 Å². The van der Waals surface area contributed by atoms with Crippen LogP contribution < -0.4 is 11.1 Å². The molecule has 0 saturated carbocycles. The molecule has 1 amide bonds. The zero-order valence-corrected chi connectivity index (χ0v) is 20.5. The second kappa shape index (κ2) is 10.9. The minimum atomic E-state index is 0.0576. The summed E-state index contributed by atoms with van der Waals surface area (Å²) in [7, 11) is 0. The lowest BCUT2D eigenvalue weighted by molar-refractivity contribution is -0.119. The summed E-state index contributed by atoms with van der Waals surface area (Å²) >= 11 is 15.1. The number of hydrogen-bond donors (Lipinski definition) is 2. The minimum Gasteiger partial charge on any atom is -0.399 e. The Bertz CT molecular complexity index is 1070. The lowest BCUT2D eigenvalue weighted by atomic mass is 10.0. The van der Waals surface area contributed by atoms with E-state index in [2.05, 4.69) is 15.2 Å². The van der Waals surface area contributed by atoms with Crippen molar-refractivity contribution in [2.24, 2.45) is 0 Å². The summed E-state index contributed by atoms with van der Waals surface area (Å²) in [6, 6.07) is 13.6. The molecular formula is C23H24Cl2N4OS2. The summed E-state index contributed by atoms with van der Waals surface area (Å²) in [6.07, 6.45) is 1.88. The fourth-order valence-corrected chi connectivity index (χ4v) is 5.61. The lowest BCUT2D eigenvalue weighted by Gasteiger charge is -2.32. The minimum absolute atomic E-state index is 0.0576. The molecule has 0 bridgehead atoms. The maximum absolute atomic E-state index is 12.4. The molecule has 32 heavy (non-hydrogen) atoms. The number of hydrogen-bond acceptors (Lipinski definition) is 6. The van der Waals surface area contributed by atoms with Crippen molar-refractivity contribution >= 4 is 57.9 Å². The number of amides is 1. The van der Waals surface area contributed by atoms with Crippen LogP contribution in [0.2, 0.25) is 10.0 Å². The van der Waals surface area contributed by atoms with Crippen LogP contribution in [-0.2, 0) is 11.3 Å². The summed E-state index contributed by atoms with van der Waals surface area (Å²) in [5.41, 5.74) is 9.56. The van der Waals surface area contributed by atoms with E-state index in [9.17, 15) is 4.79 Å². The number of nitrogens with zero attached hydrogens (tertiary/aromatic N) is 2. The molecule has 0 spiro atoms. The first-order chi connectivity index (χ1) is 15.5. The molecule has 168 valence electrons. The first-order valence-corrected chi connectivity index (χ1v) is 13.0. The number of nitrogens with two attached hydrogens (primary N) is 1. The van der Waals surface area contributed by atoms with Gasteiger partial charge in [0, 0.05) is 42.3 Å². The molecule has 0 aliphatic carbocycles.